The van der Waals surface area contributed by atoms with Crippen LogP contribution in [0.15, 0.2) is 82.2 Å². The van der Waals surface area contributed by atoms with Gasteiger partial charge in [0.15, 0.2) is 0 Å². The Labute approximate surface area is 239 Å². The summed E-state index contributed by atoms with van der Waals surface area (Å²) in [6, 6.07) is 19.5. The Hall–Kier alpha value is -3.62. The molecule has 208 valence electrons. The fraction of sp³-hybridized carbons (Fsp3) is 0.222. The van der Waals surface area contributed by atoms with E-state index in [9.17, 15) is 22.8 Å². The summed E-state index contributed by atoms with van der Waals surface area (Å²) in [5, 5.41) is 9.71. The van der Waals surface area contributed by atoms with Crippen LogP contribution in [0.25, 0.3) is 0 Å². The van der Waals surface area contributed by atoms with E-state index in [1.54, 1.807) is 53.4 Å². The van der Waals surface area contributed by atoms with Gasteiger partial charge in [-0.15, -0.1) is 0 Å². The fourth-order valence-electron chi connectivity index (χ4n) is 4.94. The van der Waals surface area contributed by atoms with Gasteiger partial charge in [-0.1, -0.05) is 40.2 Å². The first-order valence-electron chi connectivity index (χ1n) is 12.4. The SMILES string of the molecule is NS(=O)(=O)c1ccc(CN2CCN(C3(c4ccc(Oc5ccc(Br)cc5)cc4)C(=O)NC(=O)NC3=O)CC2)cc1. The van der Waals surface area contributed by atoms with Crippen LogP contribution in [0.4, 0.5) is 4.79 Å². The molecule has 0 spiro atoms. The summed E-state index contributed by atoms with van der Waals surface area (Å²) in [4.78, 5) is 42.7. The van der Waals surface area contributed by atoms with Crippen molar-refractivity contribution in [1.29, 1.82) is 0 Å². The van der Waals surface area contributed by atoms with E-state index < -0.39 is 33.4 Å². The molecule has 2 saturated heterocycles. The number of imide groups is 2. The zero-order valence-corrected chi connectivity index (χ0v) is 23.6. The van der Waals surface area contributed by atoms with Gasteiger partial charge in [-0.3, -0.25) is 30.0 Å². The van der Waals surface area contributed by atoms with Crippen LogP contribution in [0.1, 0.15) is 11.1 Å². The van der Waals surface area contributed by atoms with Crippen molar-refractivity contribution in [2.45, 2.75) is 17.0 Å². The van der Waals surface area contributed by atoms with E-state index in [-0.39, 0.29) is 4.90 Å². The summed E-state index contributed by atoms with van der Waals surface area (Å²) >= 11 is 3.39. The molecule has 0 aliphatic carbocycles. The number of rotatable bonds is 7. The molecular weight excluding hydrogens is 602 g/mol. The Balaban J connectivity index is 1.34. The zero-order chi connectivity index (χ0) is 28.5. The number of primary sulfonamides is 1. The molecule has 0 atom stereocenters. The molecule has 3 aromatic carbocycles. The molecule has 2 aliphatic heterocycles. The monoisotopic (exact) mass is 627 g/mol. The largest absolute Gasteiger partial charge is 0.457 e. The molecule has 3 aromatic rings. The van der Waals surface area contributed by atoms with Crippen LogP contribution in [0.3, 0.4) is 0 Å². The van der Waals surface area contributed by atoms with E-state index in [0.717, 1.165) is 10.0 Å². The molecule has 0 bridgehead atoms. The number of urea groups is 1. The van der Waals surface area contributed by atoms with E-state index in [4.69, 9.17) is 9.88 Å². The summed E-state index contributed by atoms with van der Waals surface area (Å²) < 4.78 is 29.8. The topological polar surface area (TPSA) is 151 Å². The van der Waals surface area contributed by atoms with Crippen LogP contribution < -0.4 is 20.5 Å². The van der Waals surface area contributed by atoms with Crippen molar-refractivity contribution >= 4 is 43.8 Å². The Bertz CT molecular complexity index is 1520. The zero-order valence-electron chi connectivity index (χ0n) is 21.2. The maximum absolute atomic E-state index is 13.4. The molecule has 0 saturated carbocycles. The summed E-state index contributed by atoms with van der Waals surface area (Å²) in [6.07, 6.45) is 0. The van der Waals surface area contributed by atoms with Gasteiger partial charge in [0.2, 0.25) is 15.6 Å². The number of hydrogen-bond donors (Lipinski definition) is 3. The van der Waals surface area contributed by atoms with Gasteiger partial charge in [-0.05, 0) is 59.7 Å². The summed E-state index contributed by atoms with van der Waals surface area (Å²) in [7, 11) is -3.77. The summed E-state index contributed by atoms with van der Waals surface area (Å²) in [5.74, 6) is -0.281. The first kappa shape index (κ1) is 27.9. The van der Waals surface area contributed by atoms with Crippen molar-refractivity contribution in [1.82, 2.24) is 20.4 Å². The number of carbonyl (C=O) groups is 3. The Morgan fingerprint density at radius 1 is 0.800 bits per heavy atom. The minimum Gasteiger partial charge on any atom is -0.457 e. The van der Waals surface area contributed by atoms with Gasteiger partial charge < -0.3 is 4.74 Å². The number of ether oxygens (including phenoxy) is 1. The van der Waals surface area contributed by atoms with Crippen molar-refractivity contribution in [2.75, 3.05) is 26.2 Å². The second-order valence-corrected chi connectivity index (χ2v) is 12.0. The highest BCUT2D eigenvalue weighted by Gasteiger charge is 2.56. The summed E-state index contributed by atoms with van der Waals surface area (Å²) in [5.41, 5.74) is -0.436. The third kappa shape index (κ3) is 5.64. The number of barbiturate groups is 1. The van der Waals surface area contributed by atoms with Gasteiger partial charge in [-0.2, -0.15) is 0 Å². The number of nitrogens with one attached hydrogen (secondary N) is 2. The van der Waals surface area contributed by atoms with Crippen LogP contribution in [0, 0.1) is 0 Å². The maximum atomic E-state index is 13.4. The molecule has 4 N–H and O–H groups in total. The second kappa shape index (κ2) is 11.1. The van der Waals surface area contributed by atoms with Crippen LogP contribution in [-0.2, 0) is 31.7 Å². The quantitative estimate of drug-likeness (QED) is 0.338. The standard InChI is InChI=1S/C27H26BrN5O6S/c28-20-5-9-22(10-6-20)39-21-7-3-19(4-8-21)27(24(34)30-26(36)31-25(27)35)33-15-13-32(14-16-33)17-18-1-11-23(12-2-18)40(29,37)38/h1-12H,13-17H2,(H2,29,37,38)(H2,30,31,34,35,36). The lowest BCUT2D eigenvalue weighted by molar-refractivity contribution is -0.150. The smallest absolute Gasteiger partial charge is 0.328 e. The number of amides is 4. The van der Waals surface area contributed by atoms with E-state index in [2.05, 4.69) is 31.5 Å². The second-order valence-electron chi connectivity index (χ2n) is 9.48. The predicted molar refractivity (Wildman–Crippen MR) is 149 cm³/mol. The van der Waals surface area contributed by atoms with E-state index in [0.29, 0.717) is 49.8 Å². The number of piperazine rings is 1. The Kier molecular flexibility index (Phi) is 7.75. The third-order valence-electron chi connectivity index (χ3n) is 6.94. The molecule has 2 fully saturated rings. The van der Waals surface area contributed by atoms with Crippen molar-refractivity contribution in [3.8, 4) is 11.5 Å². The number of nitrogens with two attached hydrogens (primary N) is 1. The normalized spacial score (nSPS) is 18.2. The lowest BCUT2D eigenvalue weighted by Crippen LogP contribution is -2.72. The average Bonchev–Trinajstić information content (AvgIpc) is 2.91. The number of halogens is 1. The van der Waals surface area contributed by atoms with E-state index >= 15 is 0 Å². The van der Waals surface area contributed by atoms with Crippen molar-refractivity contribution < 1.29 is 27.5 Å². The highest BCUT2D eigenvalue weighted by atomic mass is 79.9. The van der Waals surface area contributed by atoms with Crippen molar-refractivity contribution in [2.24, 2.45) is 5.14 Å². The first-order chi connectivity index (χ1) is 19.1. The molecule has 13 heteroatoms. The number of nitrogens with zero attached hydrogens (tertiary/aromatic N) is 2. The van der Waals surface area contributed by atoms with Gasteiger partial charge >= 0.3 is 6.03 Å². The van der Waals surface area contributed by atoms with E-state index in [1.807, 2.05) is 12.1 Å². The number of benzene rings is 3. The highest BCUT2D eigenvalue weighted by molar-refractivity contribution is 9.10. The van der Waals surface area contributed by atoms with Crippen molar-refractivity contribution in [3.63, 3.8) is 0 Å². The lowest BCUT2D eigenvalue weighted by Gasteiger charge is -2.46. The van der Waals surface area contributed by atoms with Gasteiger partial charge in [-0.25, -0.2) is 18.4 Å². The number of carbonyl (C=O) groups excluding carboxylic acids is 3. The van der Waals surface area contributed by atoms with Gasteiger partial charge in [0.05, 0.1) is 4.90 Å². The van der Waals surface area contributed by atoms with Crippen LogP contribution in [0.2, 0.25) is 0 Å². The van der Waals surface area contributed by atoms with Gasteiger partial charge in [0, 0.05) is 37.2 Å². The first-order valence-corrected chi connectivity index (χ1v) is 14.7. The average molecular weight is 629 g/mol. The molecule has 0 radical (unpaired) electrons. The molecule has 2 aliphatic rings. The van der Waals surface area contributed by atoms with Crippen LogP contribution in [-0.4, -0.2) is 62.2 Å². The predicted octanol–water partition coefficient (Wildman–Crippen LogP) is 2.27. The third-order valence-corrected chi connectivity index (χ3v) is 8.40. The van der Waals surface area contributed by atoms with Crippen LogP contribution in [0.5, 0.6) is 11.5 Å². The van der Waals surface area contributed by atoms with Crippen LogP contribution >= 0.6 is 15.9 Å². The lowest BCUT2D eigenvalue weighted by atomic mass is 9.84. The van der Waals surface area contributed by atoms with E-state index in [1.165, 1.54) is 12.1 Å². The maximum Gasteiger partial charge on any atom is 0.328 e. The molecular formula is C27H26BrN5O6S. The molecule has 40 heavy (non-hydrogen) atoms. The molecule has 4 amide bonds. The molecule has 5 rings (SSSR count). The minimum atomic E-state index is -3.77. The fourth-order valence-corrected chi connectivity index (χ4v) is 5.72. The minimum absolute atomic E-state index is 0.0418. The number of hydrogen-bond acceptors (Lipinski definition) is 8. The molecule has 0 unspecified atom stereocenters. The molecule has 11 nitrogen and oxygen atoms in total. The summed E-state index contributed by atoms with van der Waals surface area (Å²) in [6.45, 7) is 2.32. The molecule has 0 aromatic heterocycles. The Morgan fingerprint density at radius 2 is 1.32 bits per heavy atom. The molecule has 2 heterocycles. The highest BCUT2D eigenvalue weighted by Crippen LogP contribution is 2.34. The Morgan fingerprint density at radius 3 is 1.85 bits per heavy atom. The van der Waals surface area contributed by atoms with Crippen molar-refractivity contribution in [3.05, 3.63) is 88.4 Å². The number of sulfonamides is 1. The van der Waals surface area contributed by atoms with Gasteiger partial charge in [0.25, 0.3) is 11.8 Å². The van der Waals surface area contributed by atoms with Gasteiger partial charge in [0.1, 0.15) is 11.5 Å².